The van der Waals surface area contributed by atoms with E-state index >= 15 is 0 Å². The van der Waals surface area contributed by atoms with E-state index in [2.05, 4.69) is 18.9 Å². The lowest BCUT2D eigenvalue weighted by molar-refractivity contribution is -0.126. The third-order valence-electron chi connectivity index (χ3n) is 4.29. The van der Waals surface area contributed by atoms with Gasteiger partial charge in [0.1, 0.15) is 5.78 Å². The average molecular weight is 209 g/mol. The molecule has 0 spiro atoms. The van der Waals surface area contributed by atoms with Gasteiger partial charge in [0.2, 0.25) is 0 Å². The Labute approximate surface area is 93.0 Å². The highest BCUT2D eigenvalue weighted by Crippen LogP contribution is 2.36. The van der Waals surface area contributed by atoms with Crippen molar-refractivity contribution < 1.29 is 4.79 Å². The summed E-state index contributed by atoms with van der Waals surface area (Å²) in [5.41, 5.74) is 0. The summed E-state index contributed by atoms with van der Waals surface area (Å²) in [5, 5.41) is 0. The van der Waals surface area contributed by atoms with Gasteiger partial charge in [-0.2, -0.15) is 0 Å². The van der Waals surface area contributed by atoms with E-state index in [-0.39, 0.29) is 0 Å². The summed E-state index contributed by atoms with van der Waals surface area (Å²) in [7, 11) is 2.25. The van der Waals surface area contributed by atoms with Crippen molar-refractivity contribution in [1.29, 1.82) is 0 Å². The van der Waals surface area contributed by atoms with E-state index in [4.69, 9.17) is 0 Å². The lowest BCUT2D eigenvalue weighted by Crippen LogP contribution is -2.51. The van der Waals surface area contributed by atoms with E-state index in [9.17, 15) is 4.79 Å². The molecule has 2 aliphatic rings. The zero-order chi connectivity index (χ0) is 10.8. The Morgan fingerprint density at radius 2 is 1.87 bits per heavy atom. The normalized spacial score (nSPS) is 36.5. The Kier molecular flexibility index (Phi) is 3.45. The van der Waals surface area contributed by atoms with Gasteiger partial charge < -0.3 is 4.90 Å². The molecule has 2 unspecified atom stereocenters. The molecule has 2 saturated heterocycles. The van der Waals surface area contributed by atoms with Crippen molar-refractivity contribution >= 4 is 5.78 Å². The molecule has 2 rings (SSSR count). The molecular formula is C13H23NO. The van der Waals surface area contributed by atoms with Crippen LogP contribution in [0.25, 0.3) is 0 Å². The highest BCUT2D eigenvalue weighted by atomic mass is 16.1. The zero-order valence-corrected chi connectivity index (χ0v) is 10.0. The van der Waals surface area contributed by atoms with Crippen molar-refractivity contribution in [3.63, 3.8) is 0 Å². The van der Waals surface area contributed by atoms with Crippen molar-refractivity contribution in [3.05, 3.63) is 0 Å². The van der Waals surface area contributed by atoms with Crippen LogP contribution in [0.4, 0.5) is 0 Å². The van der Waals surface area contributed by atoms with Gasteiger partial charge in [0.25, 0.3) is 0 Å². The minimum absolute atomic E-state index is 0.386. The maximum atomic E-state index is 11.9. The van der Waals surface area contributed by atoms with E-state index in [1.807, 2.05) is 0 Å². The third-order valence-corrected chi connectivity index (χ3v) is 4.29. The van der Waals surface area contributed by atoms with E-state index in [1.165, 1.54) is 19.3 Å². The summed E-state index contributed by atoms with van der Waals surface area (Å²) in [5.74, 6) is 0.916. The van der Waals surface area contributed by atoms with Gasteiger partial charge in [0, 0.05) is 24.4 Å². The monoisotopic (exact) mass is 209 g/mol. The molecule has 2 atom stereocenters. The van der Waals surface area contributed by atoms with Gasteiger partial charge in [-0.15, -0.1) is 0 Å². The largest absolute Gasteiger partial charge is 0.300 e. The number of carbonyl (C=O) groups excluding carboxylic acids is 1. The third kappa shape index (κ3) is 2.25. The second-order valence-corrected chi connectivity index (χ2v) is 5.29. The number of hydrogen-bond acceptors (Lipinski definition) is 2. The summed E-state index contributed by atoms with van der Waals surface area (Å²) in [4.78, 5) is 14.4. The number of ketones is 1. The molecule has 2 nitrogen and oxygen atoms in total. The van der Waals surface area contributed by atoms with Crippen LogP contribution < -0.4 is 0 Å². The number of piperidine rings is 2. The number of hydrogen-bond donors (Lipinski definition) is 0. The minimum Gasteiger partial charge on any atom is -0.300 e. The Bertz CT molecular complexity index is 225. The van der Waals surface area contributed by atoms with Crippen LogP contribution in [0.2, 0.25) is 0 Å². The van der Waals surface area contributed by atoms with E-state index < -0.39 is 0 Å². The second kappa shape index (κ2) is 4.65. The number of fused-ring (bicyclic) bond motifs is 2. The maximum absolute atomic E-state index is 11.9. The fraction of sp³-hybridized carbons (Fsp3) is 0.923. The van der Waals surface area contributed by atoms with Crippen LogP contribution in [0.15, 0.2) is 0 Å². The predicted octanol–water partition coefficient (Wildman–Crippen LogP) is 2.62. The fourth-order valence-electron chi connectivity index (χ4n) is 3.33. The van der Waals surface area contributed by atoms with Gasteiger partial charge in [-0.3, -0.25) is 4.79 Å². The molecule has 2 bridgehead atoms. The summed E-state index contributed by atoms with van der Waals surface area (Å²) in [6, 6.07) is 1.40. The lowest BCUT2D eigenvalue weighted by Gasteiger charge is -2.46. The fourth-order valence-corrected chi connectivity index (χ4v) is 3.33. The molecule has 2 aliphatic heterocycles. The first-order chi connectivity index (χ1) is 7.22. The van der Waals surface area contributed by atoms with Crippen molar-refractivity contribution in [2.45, 2.75) is 64.0 Å². The molecule has 0 saturated carbocycles. The summed E-state index contributed by atoms with van der Waals surface area (Å²) in [6.45, 7) is 2.10. The van der Waals surface area contributed by atoms with Crippen LogP contribution in [-0.2, 0) is 4.79 Å². The van der Waals surface area contributed by atoms with E-state index in [1.54, 1.807) is 0 Å². The van der Waals surface area contributed by atoms with Gasteiger partial charge in [-0.1, -0.05) is 13.3 Å². The Hall–Kier alpha value is -0.370. The summed E-state index contributed by atoms with van der Waals surface area (Å²) >= 11 is 0. The van der Waals surface area contributed by atoms with Gasteiger partial charge in [-0.25, -0.2) is 0 Å². The zero-order valence-electron chi connectivity index (χ0n) is 10.0. The Morgan fingerprint density at radius 1 is 1.27 bits per heavy atom. The standard InChI is InChI=1S/C13H23NO/c1-3-5-13(15)10-8-11-6-4-7-12(9-10)14(11)2/h10-12H,3-9H2,1-2H3. The topological polar surface area (TPSA) is 20.3 Å². The van der Waals surface area contributed by atoms with E-state index in [0.29, 0.717) is 23.8 Å². The number of rotatable bonds is 3. The molecule has 0 aliphatic carbocycles. The molecule has 2 fully saturated rings. The molecule has 2 heterocycles. The van der Waals surface area contributed by atoms with Crippen molar-refractivity contribution in [2.75, 3.05) is 7.05 Å². The molecule has 0 aromatic heterocycles. The van der Waals surface area contributed by atoms with Crippen LogP contribution in [0.3, 0.4) is 0 Å². The van der Waals surface area contributed by atoms with Gasteiger partial charge >= 0.3 is 0 Å². The Morgan fingerprint density at radius 3 is 2.40 bits per heavy atom. The molecule has 0 aromatic carbocycles. The molecule has 0 radical (unpaired) electrons. The van der Waals surface area contributed by atoms with Crippen molar-refractivity contribution in [3.8, 4) is 0 Å². The van der Waals surface area contributed by atoms with Crippen molar-refractivity contribution in [1.82, 2.24) is 4.90 Å². The lowest BCUT2D eigenvalue weighted by atomic mass is 9.76. The number of carbonyl (C=O) groups is 1. The van der Waals surface area contributed by atoms with Crippen LogP contribution in [-0.4, -0.2) is 29.8 Å². The summed E-state index contributed by atoms with van der Waals surface area (Å²) in [6.07, 6.45) is 8.06. The molecule has 15 heavy (non-hydrogen) atoms. The smallest absolute Gasteiger partial charge is 0.136 e. The average Bonchev–Trinajstić information content (AvgIpc) is 2.17. The first-order valence-electron chi connectivity index (χ1n) is 6.47. The molecule has 86 valence electrons. The minimum atomic E-state index is 0.386. The van der Waals surface area contributed by atoms with Gasteiger partial charge in [-0.05, 0) is 39.2 Å². The van der Waals surface area contributed by atoms with Gasteiger partial charge in [0.05, 0.1) is 0 Å². The molecule has 0 aromatic rings. The predicted molar refractivity (Wildman–Crippen MR) is 61.8 cm³/mol. The van der Waals surface area contributed by atoms with Crippen LogP contribution in [0.5, 0.6) is 0 Å². The Balaban J connectivity index is 1.98. The number of nitrogens with zero attached hydrogens (tertiary/aromatic N) is 1. The highest BCUT2D eigenvalue weighted by Gasteiger charge is 2.37. The molecule has 0 amide bonds. The van der Waals surface area contributed by atoms with Crippen LogP contribution in [0, 0.1) is 5.92 Å². The summed E-state index contributed by atoms with van der Waals surface area (Å²) < 4.78 is 0. The second-order valence-electron chi connectivity index (χ2n) is 5.29. The van der Waals surface area contributed by atoms with Crippen LogP contribution in [0.1, 0.15) is 51.9 Å². The molecular weight excluding hydrogens is 186 g/mol. The van der Waals surface area contributed by atoms with Crippen LogP contribution >= 0.6 is 0 Å². The van der Waals surface area contributed by atoms with Crippen molar-refractivity contribution in [2.24, 2.45) is 5.92 Å². The first-order valence-corrected chi connectivity index (χ1v) is 6.47. The first kappa shape index (κ1) is 11.1. The maximum Gasteiger partial charge on any atom is 0.136 e. The quantitative estimate of drug-likeness (QED) is 0.712. The van der Waals surface area contributed by atoms with Gasteiger partial charge in [0.15, 0.2) is 0 Å². The number of Topliss-reactive ketones (excluding diaryl/α,β-unsaturated/α-hetero) is 1. The molecule has 0 N–H and O–H groups in total. The SMILES string of the molecule is CCCC(=O)C1CC2CCCC(C1)N2C. The highest BCUT2D eigenvalue weighted by molar-refractivity contribution is 5.81. The molecule has 2 heteroatoms. The van der Waals surface area contributed by atoms with E-state index in [0.717, 1.165) is 25.7 Å².